The van der Waals surface area contributed by atoms with Crippen molar-refractivity contribution in [2.75, 3.05) is 24.6 Å². The van der Waals surface area contributed by atoms with Gasteiger partial charge in [0.15, 0.2) is 11.0 Å². The Morgan fingerprint density at radius 1 is 1.26 bits per heavy atom. The molecule has 19 heavy (non-hydrogen) atoms. The van der Waals surface area contributed by atoms with Gasteiger partial charge in [-0.25, -0.2) is 0 Å². The number of aliphatic hydroxyl groups is 1. The fourth-order valence-corrected chi connectivity index (χ4v) is 2.94. The van der Waals surface area contributed by atoms with Gasteiger partial charge >= 0.3 is 0 Å². The van der Waals surface area contributed by atoms with E-state index >= 15 is 0 Å². The molecule has 0 aliphatic carbocycles. The van der Waals surface area contributed by atoms with Gasteiger partial charge in [0.25, 0.3) is 0 Å². The van der Waals surface area contributed by atoms with E-state index in [1.165, 1.54) is 0 Å². The van der Waals surface area contributed by atoms with Crippen LogP contribution in [0, 0.1) is 5.92 Å². The molecule has 1 unspecified atom stereocenters. The maximum absolute atomic E-state index is 9.03. The molecule has 1 aromatic heterocycles. The third kappa shape index (κ3) is 2.38. The summed E-state index contributed by atoms with van der Waals surface area (Å²) in [6, 6.07) is 7.95. The van der Waals surface area contributed by atoms with Gasteiger partial charge in [-0.1, -0.05) is 35.9 Å². The van der Waals surface area contributed by atoms with Gasteiger partial charge in [0.05, 0.1) is 0 Å². The lowest BCUT2D eigenvalue weighted by molar-refractivity contribution is 0.263. The quantitative estimate of drug-likeness (QED) is 0.936. The Bertz CT molecular complexity index is 590. The zero-order chi connectivity index (χ0) is 13.2. The predicted octanol–water partition coefficient (Wildman–Crippen LogP) is 2.49. The van der Waals surface area contributed by atoms with Crippen LogP contribution >= 0.6 is 11.6 Å². The van der Waals surface area contributed by atoms with Crippen molar-refractivity contribution >= 4 is 28.2 Å². The number of halogens is 1. The van der Waals surface area contributed by atoms with E-state index in [1.54, 1.807) is 0 Å². The number of nitrogens with zero attached hydrogens (tertiary/aromatic N) is 3. The second-order valence-corrected chi connectivity index (χ2v) is 5.33. The minimum absolute atomic E-state index is 0.256. The SMILES string of the molecule is OCCC1CCN(c2nnc(Cl)c3ccccc23)C1. The summed E-state index contributed by atoms with van der Waals surface area (Å²) in [7, 11) is 0. The molecule has 1 atom stereocenters. The zero-order valence-corrected chi connectivity index (χ0v) is 11.3. The summed E-state index contributed by atoms with van der Waals surface area (Å²) in [5.74, 6) is 1.45. The molecule has 100 valence electrons. The second-order valence-electron chi connectivity index (χ2n) is 4.97. The number of anilines is 1. The van der Waals surface area contributed by atoms with Crippen LogP contribution in [0.15, 0.2) is 24.3 Å². The molecule has 0 radical (unpaired) electrons. The Labute approximate surface area is 117 Å². The summed E-state index contributed by atoms with van der Waals surface area (Å²) < 4.78 is 0. The summed E-state index contributed by atoms with van der Waals surface area (Å²) in [4.78, 5) is 2.24. The second kappa shape index (κ2) is 5.31. The zero-order valence-electron chi connectivity index (χ0n) is 10.6. The van der Waals surface area contributed by atoms with Crippen molar-refractivity contribution in [3.8, 4) is 0 Å². The first-order valence-corrected chi connectivity index (χ1v) is 6.94. The number of hydrogen-bond acceptors (Lipinski definition) is 4. The van der Waals surface area contributed by atoms with Crippen molar-refractivity contribution in [3.05, 3.63) is 29.4 Å². The summed E-state index contributed by atoms with van der Waals surface area (Å²) in [5, 5.41) is 19.8. The van der Waals surface area contributed by atoms with Gasteiger partial charge in [0.1, 0.15) is 0 Å². The van der Waals surface area contributed by atoms with Gasteiger partial charge in [0, 0.05) is 30.5 Å². The molecular weight excluding hydrogens is 262 g/mol. The first-order chi connectivity index (χ1) is 9.29. The lowest BCUT2D eigenvalue weighted by Gasteiger charge is -2.18. The fraction of sp³-hybridized carbons (Fsp3) is 0.429. The van der Waals surface area contributed by atoms with Crippen molar-refractivity contribution in [1.82, 2.24) is 10.2 Å². The molecule has 1 aliphatic rings. The average molecular weight is 278 g/mol. The van der Waals surface area contributed by atoms with Crippen LogP contribution in [0.5, 0.6) is 0 Å². The number of aliphatic hydroxyl groups excluding tert-OH is 1. The van der Waals surface area contributed by atoms with Crippen LogP contribution in [0.1, 0.15) is 12.8 Å². The van der Waals surface area contributed by atoms with Crippen LogP contribution in [0.2, 0.25) is 5.15 Å². The molecule has 0 amide bonds. The topological polar surface area (TPSA) is 49.2 Å². The Balaban J connectivity index is 1.96. The van der Waals surface area contributed by atoms with Crippen LogP contribution < -0.4 is 4.90 Å². The Morgan fingerprint density at radius 2 is 2.05 bits per heavy atom. The van der Waals surface area contributed by atoms with E-state index in [-0.39, 0.29) is 6.61 Å². The molecule has 0 saturated carbocycles. The molecule has 2 heterocycles. The highest BCUT2D eigenvalue weighted by Crippen LogP contribution is 2.31. The van der Waals surface area contributed by atoms with Crippen molar-refractivity contribution in [3.63, 3.8) is 0 Å². The Hall–Kier alpha value is -1.39. The van der Waals surface area contributed by atoms with Crippen LogP contribution in [-0.2, 0) is 0 Å². The molecule has 0 spiro atoms. The molecule has 1 N–H and O–H groups in total. The minimum atomic E-state index is 0.256. The van der Waals surface area contributed by atoms with E-state index in [2.05, 4.69) is 15.1 Å². The molecule has 2 aromatic rings. The smallest absolute Gasteiger partial charge is 0.159 e. The molecule has 4 nitrogen and oxygen atoms in total. The summed E-state index contributed by atoms with van der Waals surface area (Å²) in [6.45, 7) is 2.15. The summed E-state index contributed by atoms with van der Waals surface area (Å²) >= 11 is 6.09. The number of benzene rings is 1. The standard InChI is InChI=1S/C14H16ClN3O/c15-13-11-3-1-2-4-12(11)14(17-16-13)18-7-5-10(9-18)6-8-19/h1-4,10,19H,5-9H2. The van der Waals surface area contributed by atoms with E-state index < -0.39 is 0 Å². The number of aromatic nitrogens is 2. The average Bonchev–Trinajstić information content (AvgIpc) is 2.88. The maximum Gasteiger partial charge on any atom is 0.159 e. The lowest BCUT2D eigenvalue weighted by atomic mass is 10.1. The van der Waals surface area contributed by atoms with Crippen molar-refractivity contribution < 1.29 is 5.11 Å². The molecule has 1 fully saturated rings. The highest BCUT2D eigenvalue weighted by Gasteiger charge is 2.24. The molecule has 0 bridgehead atoms. The minimum Gasteiger partial charge on any atom is -0.396 e. The highest BCUT2D eigenvalue weighted by atomic mass is 35.5. The normalized spacial score (nSPS) is 19.3. The first-order valence-electron chi connectivity index (χ1n) is 6.56. The van der Waals surface area contributed by atoms with Crippen molar-refractivity contribution in [2.24, 2.45) is 5.92 Å². The molecule has 1 aliphatic heterocycles. The number of rotatable bonds is 3. The third-order valence-electron chi connectivity index (χ3n) is 3.75. The largest absolute Gasteiger partial charge is 0.396 e. The summed E-state index contributed by atoms with van der Waals surface area (Å²) in [6.07, 6.45) is 1.95. The molecule has 1 aromatic carbocycles. The van der Waals surface area contributed by atoms with Gasteiger partial charge in [-0.05, 0) is 18.8 Å². The van der Waals surface area contributed by atoms with E-state index in [0.717, 1.165) is 42.5 Å². The van der Waals surface area contributed by atoms with E-state index in [9.17, 15) is 0 Å². The van der Waals surface area contributed by atoms with Gasteiger partial charge < -0.3 is 10.0 Å². The summed E-state index contributed by atoms with van der Waals surface area (Å²) in [5.41, 5.74) is 0. The first kappa shape index (κ1) is 12.6. The maximum atomic E-state index is 9.03. The molecular formula is C14H16ClN3O. The predicted molar refractivity (Wildman–Crippen MR) is 76.6 cm³/mol. The highest BCUT2D eigenvalue weighted by molar-refractivity contribution is 6.34. The molecule has 5 heteroatoms. The third-order valence-corrected chi connectivity index (χ3v) is 4.02. The van der Waals surface area contributed by atoms with Crippen LogP contribution in [0.25, 0.3) is 10.8 Å². The van der Waals surface area contributed by atoms with Gasteiger partial charge in [0.2, 0.25) is 0 Å². The molecule has 1 saturated heterocycles. The van der Waals surface area contributed by atoms with Crippen LogP contribution in [0.4, 0.5) is 5.82 Å². The Kier molecular flexibility index (Phi) is 3.53. The Morgan fingerprint density at radius 3 is 2.84 bits per heavy atom. The van der Waals surface area contributed by atoms with E-state index in [0.29, 0.717) is 11.1 Å². The monoisotopic (exact) mass is 277 g/mol. The van der Waals surface area contributed by atoms with Crippen molar-refractivity contribution in [2.45, 2.75) is 12.8 Å². The number of hydrogen-bond donors (Lipinski definition) is 1. The van der Waals surface area contributed by atoms with E-state index in [1.807, 2.05) is 24.3 Å². The van der Waals surface area contributed by atoms with Gasteiger partial charge in [-0.2, -0.15) is 0 Å². The van der Waals surface area contributed by atoms with Crippen molar-refractivity contribution in [1.29, 1.82) is 0 Å². The fourth-order valence-electron chi connectivity index (χ4n) is 2.73. The van der Waals surface area contributed by atoms with Crippen LogP contribution in [-0.4, -0.2) is 35.0 Å². The van der Waals surface area contributed by atoms with Crippen LogP contribution in [0.3, 0.4) is 0 Å². The number of fused-ring (bicyclic) bond motifs is 1. The molecule has 3 rings (SSSR count). The van der Waals surface area contributed by atoms with E-state index in [4.69, 9.17) is 16.7 Å². The lowest BCUT2D eigenvalue weighted by Crippen LogP contribution is -2.21. The van der Waals surface area contributed by atoms with Gasteiger partial charge in [-0.3, -0.25) is 0 Å². The van der Waals surface area contributed by atoms with Gasteiger partial charge in [-0.15, -0.1) is 10.2 Å².